The zero-order valence-electron chi connectivity index (χ0n) is 9.97. The van der Waals surface area contributed by atoms with E-state index in [9.17, 15) is 13.2 Å². The molecule has 0 aliphatic rings. The maximum atomic E-state index is 11.6. The van der Waals surface area contributed by atoms with Crippen LogP contribution in [0, 0.1) is 0 Å². The quantitative estimate of drug-likeness (QED) is 0.675. The molecule has 0 aliphatic carbocycles. The van der Waals surface area contributed by atoms with Gasteiger partial charge in [0.05, 0.1) is 18.6 Å². The van der Waals surface area contributed by atoms with E-state index in [0.29, 0.717) is 0 Å². The molecule has 0 bridgehead atoms. The molecule has 1 amide bonds. The van der Waals surface area contributed by atoms with Crippen molar-refractivity contribution >= 4 is 27.9 Å². The predicted octanol–water partition coefficient (Wildman–Crippen LogP) is 0.163. The molecule has 0 rings (SSSR count). The molecule has 0 aliphatic heterocycles. The number of amides is 1. The Kier molecular flexibility index (Phi) is 7.44. The summed E-state index contributed by atoms with van der Waals surface area (Å²) in [7, 11) is -1.17. The Bertz CT molecular complexity index is 335. The molecule has 1 atom stereocenters. The fourth-order valence-corrected chi connectivity index (χ4v) is 2.17. The topological polar surface area (TPSA) is 84.9 Å². The fourth-order valence-electron chi connectivity index (χ4n) is 0.954. The molecule has 0 aromatic heterocycles. The molecule has 7 nitrogen and oxygen atoms in total. The van der Waals surface area contributed by atoms with Crippen LogP contribution in [-0.2, 0) is 19.7 Å². The SMILES string of the molecule is CCOC(=O)NS(=O)(=O)N(C)CC(Cl)COC. The summed E-state index contributed by atoms with van der Waals surface area (Å²) in [4.78, 5) is 11.0. The highest BCUT2D eigenvalue weighted by Gasteiger charge is 2.23. The molecular formula is C8H17ClN2O5S. The summed E-state index contributed by atoms with van der Waals surface area (Å²) < 4.78 is 35.0. The van der Waals surface area contributed by atoms with Gasteiger partial charge in [0, 0.05) is 20.7 Å². The number of hydrogen-bond acceptors (Lipinski definition) is 5. The average Bonchev–Trinajstić information content (AvgIpc) is 2.17. The molecule has 0 aromatic rings. The Morgan fingerprint density at radius 3 is 2.59 bits per heavy atom. The third kappa shape index (κ3) is 6.67. The van der Waals surface area contributed by atoms with Crippen molar-refractivity contribution in [2.45, 2.75) is 12.3 Å². The number of carbonyl (C=O) groups is 1. The van der Waals surface area contributed by atoms with Gasteiger partial charge in [-0.3, -0.25) is 0 Å². The van der Waals surface area contributed by atoms with Crippen molar-refractivity contribution in [2.24, 2.45) is 0 Å². The normalized spacial score (nSPS) is 13.5. The first-order valence-electron chi connectivity index (χ1n) is 4.87. The maximum Gasteiger partial charge on any atom is 0.421 e. The van der Waals surface area contributed by atoms with Gasteiger partial charge < -0.3 is 9.47 Å². The summed E-state index contributed by atoms with van der Waals surface area (Å²) in [5.41, 5.74) is 0. The number of ether oxygens (including phenoxy) is 2. The van der Waals surface area contributed by atoms with Gasteiger partial charge in [-0.1, -0.05) is 0 Å². The Labute approximate surface area is 106 Å². The highest BCUT2D eigenvalue weighted by Crippen LogP contribution is 2.03. The summed E-state index contributed by atoms with van der Waals surface area (Å²) in [6, 6.07) is 0. The van der Waals surface area contributed by atoms with Crippen LogP contribution in [0.5, 0.6) is 0 Å². The van der Waals surface area contributed by atoms with E-state index in [-0.39, 0.29) is 19.8 Å². The van der Waals surface area contributed by atoms with E-state index in [2.05, 4.69) is 4.74 Å². The average molecular weight is 289 g/mol. The summed E-state index contributed by atoms with van der Waals surface area (Å²) >= 11 is 5.80. The molecule has 0 aromatic carbocycles. The smallest absolute Gasteiger partial charge is 0.421 e. The number of carbonyl (C=O) groups excluding carboxylic acids is 1. The summed E-state index contributed by atoms with van der Waals surface area (Å²) in [5.74, 6) is 0. The monoisotopic (exact) mass is 288 g/mol. The van der Waals surface area contributed by atoms with Crippen LogP contribution in [0.1, 0.15) is 6.92 Å². The molecule has 0 fully saturated rings. The molecule has 0 saturated heterocycles. The standard InChI is InChI=1S/C8H17ClN2O5S/c1-4-16-8(12)10-17(13,14)11(2)5-7(9)6-15-3/h7H,4-6H2,1-3H3,(H,10,12). The third-order valence-corrected chi connectivity index (χ3v) is 3.36. The van der Waals surface area contributed by atoms with Gasteiger partial charge in [0.2, 0.25) is 0 Å². The van der Waals surface area contributed by atoms with Crippen molar-refractivity contribution in [3.8, 4) is 0 Å². The van der Waals surface area contributed by atoms with E-state index in [0.717, 1.165) is 4.31 Å². The molecule has 1 N–H and O–H groups in total. The number of methoxy groups -OCH3 is 1. The second kappa shape index (κ2) is 7.70. The van der Waals surface area contributed by atoms with E-state index < -0.39 is 21.7 Å². The Balaban J connectivity index is 4.34. The molecule has 17 heavy (non-hydrogen) atoms. The van der Waals surface area contributed by atoms with Crippen molar-refractivity contribution in [1.29, 1.82) is 0 Å². The lowest BCUT2D eigenvalue weighted by molar-refractivity contribution is 0.158. The van der Waals surface area contributed by atoms with Crippen molar-refractivity contribution in [2.75, 3.05) is 33.9 Å². The Morgan fingerprint density at radius 2 is 2.12 bits per heavy atom. The van der Waals surface area contributed by atoms with Crippen LogP contribution in [0.25, 0.3) is 0 Å². The van der Waals surface area contributed by atoms with E-state index in [1.165, 1.54) is 14.2 Å². The lowest BCUT2D eigenvalue weighted by Gasteiger charge is -2.19. The largest absolute Gasteiger partial charge is 0.449 e. The van der Waals surface area contributed by atoms with Gasteiger partial charge >= 0.3 is 16.3 Å². The molecule has 0 radical (unpaired) electrons. The van der Waals surface area contributed by atoms with E-state index in [1.807, 2.05) is 0 Å². The number of halogens is 1. The van der Waals surface area contributed by atoms with E-state index in [4.69, 9.17) is 16.3 Å². The van der Waals surface area contributed by atoms with Crippen LogP contribution in [0.15, 0.2) is 0 Å². The molecule has 102 valence electrons. The minimum atomic E-state index is -3.93. The van der Waals surface area contributed by atoms with Crippen LogP contribution in [0.2, 0.25) is 0 Å². The highest BCUT2D eigenvalue weighted by molar-refractivity contribution is 7.87. The first kappa shape index (κ1) is 16.4. The maximum absolute atomic E-state index is 11.6. The van der Waals surface area contributed by atoms with Gasteiger partial charge in [0.25, 0.3) is 0 Å². The van der Waals surface area contributed by atoms with Gasteiger partial charge in [0.1, 0.15) is 0 Å². The van der Waals surface area contributed by atoms with E-state index >= 15 is 0 Å². The third-order valence-electron chi connectivity index (χ3n) is 1.70. The van der Waals surface area contributed by atoms with Crippen molar-refractivity contribution in [1.82, 2.24) is 9.03 Å². The van der Waals surface area contributed by atoms with Crippen LogP contribution < -0.4 is 4.72 Å². The highest BCUT2D eigenvalue weighted by atomic mass is 35.5. The molecular weight excluding hydrogens is 272 g/mol. The van der Waals surface area contributed by atoms with Crippen molar-refractivity contribution in [3.05, 3.63) is 0 Å². The minimum Gasteiger partial charge on any atom is -0.449 e. The lowest BCUT2D eigenvalue weighted by Crippen LogP contribution is -2.44. The van der Waals surface area contributed by atoms with Crippen LogP contribution in [-0.4, -0.2) is 58.1 Å². The number of nitrogens with zero attached hydrogens (tertiary/aromatic N) is 1. The number of rotatable bonds is 7. The van der Waals surface area contributed by atoms with Gasteiger partial charge in [-0.15, -0.1) is 11.6 Å². The summed E-state index contributed by atoms with van der Waals surface area (Å²) in [6.07, 6.45) is -1.02. The van der Waals surface area contributed by atoms with Crippen LogP contribution >= 0.6 is 11.6 Å². The summed E-state index contributed by atoms with van der Waals surface area (Å²) in [5, 5.41) is -0.497. The Morgan fingerprint density at radius 1 is 1.53 bits per heavy atom. The fraction of sp³-hybridized carbons (Fsp3) is 0.875. The first-order valence-corrected chi connectivity index (χ1v) is 6.75. The van der Waals surface area contributed by atoms with Crippen molar-refractivity contribution < 1.29 is 22.7 Å². The van der Waals surface area contributed by atoms with E-state index in [1.54, 1.807) is 11.6 Å². The Hall–Kier alpha value is -0.570. The van der Waals surface area contributed by atoms with Gasteiger partial charge in [-0.05, 0) is 6.92 Å². The molecule has 0 saturated carbocycles. The number of hydrogen-bond donors (Lipinski definition) is 1. The molecule has 0 spiro atoms. The first-order chi connectivity index (χ1) is 7.83. The second-order valence-electron chi connectivity index (χ2n) is 3.16. The van der Waals surface area contributed by atoms with Gasteiger partial charge in [-0.2, -0.15) is 12.7 Å². The van der Waals surface area contributed by atoms with Gasteiger partial charge in [-0.25, -0.2) is 9.52 Å². The summed E-state index contributed by atoms with van der Waals surface area (Å²) in [6.45, 7) is 1.89. The molecule has 9 heteroatoms. The zero-order valence-corrected chi connectivity index (χ0v) is 11.5. The predicted molar refractivity (Wildman–Crippen MR) is 63.2 cm³/mol. The minimum absolute atomic E-state index is 0.0180. The molecule has 1 unspecified atom stereocenters. The lowest BCUT2D eigenvalue weighted by atomic mass is 10.4. The van der Waals surface area contributed by atoms with Crippen molar-refractivity contribution in [3.63, 3.8) is 0 Å². The zero-order chi connectivity index (χ0) is 13.5. The van der Waals surface area contributed by atoms with Crippen LogP contribution in [0.3, 0.4) is 0 Å². The van der Waals surface area contributed by atoms with Crippen LogP contribution in [0.4, 0.5) is 4.79 Å². The molecule has 0 heterocycles. The number of alkyl halides is 1. The number of nitrogens with one attached hydrogen (secondary N) is 1. The van der Waals surface area contributed by atoms with Gasteiger partial charge in [0.15, 0.2) is 0 Å². The second-order valence-corrected chi connectivity index (χ2v) is 5.56.